The van der Waals surface area contributed by atoms with E-state index in [4.69, 9.17) is 0 Å². The molecule has 0 bridgehead atoms. The van der Waals surface area contributed by atoms with E-state index in [0.717, 1.165) is 18.3 Å². The number of H-pyrrole nitrogens is 1. The van der Waals surface area contributed by atoms with Gasteiger partial charge in [0, 0.05) is 23.3 Å². The van der Waals surface area contributed by atoms with Gasteiger partial charge in [-0.25, -0.2) is 4.98 Å². The van der Waals surface area contributed by atoms with Gasteiger partial charge in [0.1, 0.15) is 5.82 Å². The summed E-state index contributed by atoms with van der Waals surface area (Å²) in [6.07, 6.45) is 9.17. The maximum atomic E-state index is 4.28. The van der Waals surface area contributed by atoms with Crippen molar-refractivity contribution in [3.63, 3.8) is 0 Å². The molecule has 3 nitrogen and oxygen atoms in total. The van der Waals surface area contributed by atoms with Crippen LogP contribution < -0.4 is 5.32 Å². The van der Waals surface area contributed by atoms with E-state index < -0.39 is 0 Å². The molecule has 4 heteroatoms. The van der Waals surface area contributed by atoms with Gasteiger partial charge >= 0.3 is 0 Å². The van der Waals surface area contributed by atoms with Crippen LogP contribution in [0.25, 0.3) is 0 Å². The molecule has 0 aliphatic heterocycles. The predicted octanol–water partition coefficient (Wildman–Crippen LogP) is 3.49. The minimum absolute atomic E-state index is 0.498. The van der Waals surface area contributed by atoms with Gasteiger partial charge in [0.25, 0.3) is 0 Å². The molecule has 0 spiro atoms. The lowest BCUT2D eigenvalue weighted by Gasteiger charge is -2.23. The molecular weight excluding hydrogens is 242 g/mol. The molecule has 2 aromatic rings. The first kappa shape index (κ1) is 11.9. The van der Waals surface area contributed by atoms with Crippen molar-refractivity contribution in [2.24, 2.45) is 5.92 Å². The van der Waals surface area contributed by atoms with Crippen LogP contribution in [0, 0.1) is 5.92 Å². The predicted molar refractivity (Wildman–Crippen MR) is 74.4 cm³/mol. The second-order valence-corrected chi connectivity index (χ2v) is 5.93. The van der Waals surface area contributed by atoms with Gasteiger partial charge in [-0.2, -0.15) is 0 Å². The number of imidazole rings is 1. The van der Waals surface area contributed by atoms with E-state index >= 15 is 0 Å². The van der Waals surface area contributed by atoms with Gasteiger partial charge in [-0.1, -0.05) is 18.9 Å². The number of thiophene rings is 1. The van der Waals surface area contributed by atoms with E-state index in [1.807, 2.05) is 23.7 Å². The molecule has 18 heavy (non-hydrogen) atoms. The van der Waals surface area contributed by atoms with Crippen LogP contribution in [0.2, 0.25) is 0 Å². The third kappa shape index (κ3) is 2.65. The molecule has 2 aromatic heterocycles. The van der Waals surface area contributed by atoms with Crippen LogP contribution in [0.3, 0.4) is 0 Å². The van der Waals surface area contributed by atoms with E-state index in [9.17, 15) is 0 Å². The fourth-order valence-corrected chi connectivity index (χ4v) is 3.75. The monoisotopic (exact) mass is 261 g/mol. The van der Waals surface area contributed by atoms with Crippen molar-refractivity contribution >= 4 is 11.3 Å². The van der Waals surface area contributed by atoms with E-state index in [1.165, 1.54) is 30.6 Å². The Morgan fingerprint density at radius 1 is 1.44 bits per heavy atom. The van der Waals surface area contributed by atoms with Crippen LogP contribution >= 0.6 is 11.3 Å². The Balaban J connectivity index is 1.69. The van der Waals surface area contributed by atoms with E-state index in [0.29, 0.717) is 6.04 Å². The van der Waals surface area contributed by atoms with E-state index in [2.05, 4.69) is 32.8 Å². The normalized spacial score (nSPS) is 18.2. The first-order chi connectivity index (χ1) is 8.93. The summed E-state index contributed by atoms with van der Waals surface area (Å²) in [6, 6.07) is 4.90. The highest BCUT2D eigenvalue weighted by atomic mass is 32.1. The zero-order chi connectivity index (χ0) is 12.2. The Hall–Kier alpha value is -1.13. The molecule has 1 atom stereocenters. The summed E-state index contributed by atoms with van der Waals surface area (Å²) >= 11 is 1.86. The first-order valence-corrected chi connectivity index (χ1v) is 7.56. The van der Waals surface area contributed by atoms with Gasteiger partial charge in [0.2, 0.25) is 0 Å². The number of aromatic amines is 1. The van der Waals surface area contributed by atoms with Crippen LogP contribution in [-0.4, -0.2) is 9.97 Å². The summed E-state index contributed by atoms with van der Waals surface area (Å²) < 4.78 is 0. The quantitative estimate of drug-likeness (QED) is 0.865. The van der Waals surface area contributed by atoms with Crippen LogP contribution in [0.1, 0.15) is 42.4 Å². The average Bonchev–Trinajstić information content (AvgIpc) is 3.14. The molecule has 1 aliphatic rings. The van der Waals surface area contributed by atoms with Gasteiger partial charge in [0.05, 0.1) is 6.54 Å². The molecule has 1 saturated carbocycles. The topological polar surface area (TPSA) is 40.7 Å². The van der Waals surface area contributed by atoms with Crippen LogP contribution in [-0.2, 0) is 6.54 Å². The van der Waals surface area contributed by atoms with Crippen molar-refractivity contribution in [2.75, 3.05) is 0 Å². The number of rotatable bonds is 5. The Kier molecular flexibility index (Phi) is 3.76. The maximum absolute atomic E-state index is 4.28. The number of nitrogens with one attached hydrogen (secondary N) is 2. The summed E-state index contributed by atoms with van der Waals surface area (Å²) in [4.78, 5) is 8.91. The summed E-state index contributed by atoms with van der Waals surface area (Å²) in [5, 5.41) is 5.86. The first-order valence-electron chi connectivity index (χ1n) is 6.68. The van der Waals surface area contributed by atoms with E-state index in [-0.39, 0.29) is 0 Å². The van der Waals surface area contributed by atoms with Crippen molar-refractivity contribution < 1.29 is 0 Å². The molecular formula is C14H19N3S. The summed E-state index contributed by atoms with van der Waals surface area (Å²) in [7, 11) is 0. The average molecular weight is 261 g/mol. The molecule has 3 rings (SSSR count). The van der Waals surface area contributed by atoms with Gasteiger partial charge in [-0.05, 0) is 30.2 Å². The van der Waals surface area contributed by atoms with Gasteiger partial charge < -0.3 is 10.3 Å². The second-order valence-electron chi connectivity index (χ2n) is 4.95. The molecule has 0 amide bonds. The van der Waals surface area contributed by atoms with Crippen molar-refractivity contribution in [3.05, 3.63) is 40.6 Å². The highest BCUT2D eigenvalue weighted by molar-refractivity contribution is 7.10. The zero-order valence-electron chi connectivity index (χ0n) is 10.4. The molecule has 0 aromatic carbocycles. The van der Waals surface area contributed by atoms with Crippen LogP contribution in [0.5, 0.6) is 0 Å². The second kappa shape index (κ2) is 5.67. The maximum Gasteiger partial charge on any atom is 0.120 e. The number of nitrogens with zero attached hydrogens (tertiary/aromatic N) is 1. The third-order valence-electron chi connectivity index (χ3n) is 3.77. The molecule has 1 aliphatic carbocycles. The fraction of sp³-hybridized carbons (Fsp3) is 0.500. The van der Waals surface area contributed by atoms with E-state index in [1.54, 1.807) is 0 Å². The molecule has 1 fully saturated rings. The number of aromatic nitrogens is 2. The van der Waals surface area contributed by atoms with Crippen LogP contribution in [0.15, 0.2) is 29.9 Å². The van der Waals surface area contributed by atoms with Crippen molar-refractivity contribution in [1.82, 2.24) is 15.3 Å². The zero-order valence-corrected chi connectivity index (χ0v) is 11.2. The lowest BCUT2D eigenvalue weighted by Crippen LogP contribution is -2.26. The molecule has 96 valence electrons. The van der Waals surface area contributed by atoms with Crippen LogP contribution in [0.4, 0.5) is 0 Å². The Morgan fingerprint density at radius 3 is 3.00 bits per heavy atom. The molecule has 1 unspecified atom stereocenters. The largest absolute Gasteiger partial charge is 0.348 e. The van der Waals surface area contributed by atoms with Gasteiger partial charge in [-0.3, -0.25) is 0 Å². The number of hydrogen-bond acceptors (Lipinski definition) is 3. The number of hydrogen-bond donors (Lipinski definition) is 2. The standard InChI is InChI=1S/C14H19N3S/c1-2-5-11(4-1)14(12-6-3-9-18-12)17-10-13-15-7-8-16-13/h3,6-9,11,14,17H,1-2,4-5,10H2,(H,15,16). The minimum Gasteiger partial charge on any atom is -0.348 e. The third-order valence-corrected chi connectivity index (χ3v) is 4.72. The molecule has 0 saturated heterocycles. The molecule has 2 N–H and O–H groups in total. The summed E-state index contributed by atoms with van der Waals surface area (Å²) in [5.41, 5.74) is 0. The Labute approximate surface area is 112 Å². The Morgan fingerprint density at radius 2 is 2.33 bits per heavy atom. The molecule has 2 heterocycles. The van der Waals surface area contributed by atoms with Gasteiger partial charge in [-0.15, -0.1) is 11.3 Å². The molecule has 0 radical (unpaired) electrons. The van der Waals surface area contributed by atoms with Crippen molar-refractivity contribution in [1.29, 1.82) is 0 Å². The lowest BCUT2D eigenvalue weighted by atomic mass is 9.97. The SMILES string of the molecule is c1csc(C(NCc2ncc[nH]2)C2CCCC2)c1. The highest BCUT2D eigenvalue weighted by Gasteiger charge is 2.26. The minimum atomic E-state index is 0.498. The van der Waals surface area contributed by atoms with Gasteiger partial charge in [0.15, 0.2) is 0 Å². The summed E-state index contributed by atoms with van der Waals surface area (Å²) in [6.45, 7) is 0.825. The lowest BCUT2D eigenvalue weighted by molar-refractivity contribution is 0.368. The fourth-order valence-electron chi connectivity index (χ4n) is 2.86. The highest BCUT2D eigenvalue weighted by Crippen LogP contribution is 2.37. The Bertz CT molecular complexity index is 443. The summed E-state index contributed by atoms with van der Waals surface area (Å²) in [5.74, 6) is 1.81. The van der Waals surface area contributed by atoms with Crippen molar-refractivity contribution in [2.45, 2.75) is 38.3 Å². The van der Waals surface area contributed by atoms with Crippen molar-refractivity contribution in [3.8, 4) is 0 Å². The smallest absolute Gasteiger partial charge is 0.120 e.